The van der Waals surface area contributed by atoms with E-state index in [1.807, 2.05) is 29.6 Å². The molecule has 0 bridgehead atoms. The molecular formula is C23H24F3IN2O2. The first-order valence-electron chi connectivity index (χ1n) is 10.3. The van der Waals surface area contributed by atoms with Crippen LogP contribution in [-0.2, 0) is 6.42 Å². The Labute approximate surface area is 193 Å². The van der Waals surface area contributed by atoms with E-state index in [-0.39, 0.29) is 42.2 Å². The SMILES string of the molecule is CN1CCCCC1C1(O)CN(C(=O)c2ccc(F)c(F)c2Cc2ccc(I)cc2F)C1. The molecule has 1 atom stereocenters. The van der Waals surface area contributed by atoms with E-state index in [0.717, 1.165) is 31.9 Å². The molecule has 4 nitrogen and oxygen atoms in total. The molecule has 2 aromatic carbocycles. The third kappa shape index (κ3) is 4.34. The van der Waals surface area contributed by atoms with Gasteiger partial charge >= 0.3 is 0 Å². The normalized spacial score (nSPS) is 21.1. The number of hydrogen-bond donors (Lipinski definition) is 1. The number of amides is 1. The van der Waals surface area contributed by atoms with E-state index in [1.54, 1.807) is 6.07 Å². The molecule has 31 heavy (non-hydrogen) atoms. The lowest BCUT2D eigenvalue weighted by Gasteiger charge is -2.54. The Morgan fingerprint density at radius 2 is 1.90 bits per heavy atom. The number of likely N-dealkylation sites (tertiary alicyclic amines) is 2. The average molecular weight is 544 g/mol. The number of aliphatic hydroxyl groups is 1. The average Bonchev–Trinajstić information content (AvgIpc) is 2.71. The second-order valence-corrected chi connectivity index (χ2v) is 9.80. The predicted octanol–water partition coefficient (Wildman–Crippen LogP) is 3.97. The van der Waals surface area contributed by atoms with Crippen molar-refractivity contribution in [1.29, 1.82) is 0 Å². The molecule has 166 valence electrons. The van der Waals surface area contributed by atoms with Gasteiger partial charge in [-0.1, -0.05) is 12.5 Å². The van der Waals surface area contributed by atoms with Gasteiger partial charge in [0.15, 0.2) is 11.6 Å². The maximum atomic E-state index is 14.7. The van der Waals surface area contributed by atoms with E-state index in [2.05, 4.69) is 4.90 Å². The van der Waals surface area contributed by atoms with Gasteiger partial charge in [0.25, 0.3) is 5.91 Å². The van der Waals surface area contributed by atoms with Crippen molar-refractivity contribution in [3.05, 3.63) is 68.0 Å². The van der Waals surface area contributed by atoms with Crippen LogP contribution < -0.4 is 0 Å². The van der Waals surface area contributed by atoms with Crippen molar-refractivity contribution < 1.29 is 23.1 Å². The van der Waals surface area contributed by atoms with Crippen molar-refractivity contribution in [1.82, 2.24) is 9.80 Å². The number of likely N-dealkylation sites (N-methyl/N-ethyl adjacent to an activating group) is 1. The van der Waals surface area contributed by atoms with E-state index in [9.17, 15) is 23.1 Å². The van der Waals surface area contributed by atoms with Gasteiger partial charge in [0.1, 0.15) is 11.4 Å². The van der Waals surface area contributed by atoms with Crippen LogP contribution in [0.5, 0.6) is 0 Å². The Morgan fingerprint density at radius 3 is 2.58 bits per heavy atom. The number of nitrogens with zero attached hydrogens (tertiary/aromatic N) is 2. The quantitative estimate of drug-likeness (QED) is 0.593. The lowest BCUT2D eigenvalue weighted by molar-refractivity contribution is -0.135. The fraction of sp³-hybridized carbons (Fsp3) is 0.435. The Hall–Kier alpha value is -1.65. The maximum Gasteiger partial charge on any atom is 0.254 e. The maximum absolute atomic E-state index is 14.7. The van der Waals surface area contributed by atoms with Crippen molar-refractivity contribution in [2.75, 3.05) is 26.7 Å². The van der Waals surface area contributed by atoms with E-state index in [4.69, 9.17) is 0 Å². The van der Waals surface area contributed by atoms with Crippen LogP contribution in [0.1, 0.15) is 40.7 Å². The third-order valence-corrected chi connectivity index (χ3v) is 7.09. The lowest BCUT2D eigenvalue weighted by atomic mass is 9.80. The molecule has 2 fully saturated rings. The summed E-state index contributed by atoms with van der Waals surface area (Å²) in [6, 6.07) is 6.62. The molecule has 0 spiro atoms. The van der Waals surface area contributed by atoms with Gasteiger partial charge in [-0.25, -0.2) is 13.2 Å². The molecule has 4 rings (SSSR count). The molecule has 8 heteroatoms. The van der Waals surface area contributed by atoms with Crippen LogP contribution in [0.2, 0.25) is 0 Å². The van der Waals surface area contributed by atoms with Gasteiger partial charge in [0.2, 0.25) is 0 Å². The summed E-state index contributed by atoms with van der Waals surface area (Å²) in [4.78, 5) is 16.7. The summed E-state index contributed by atoms with van der Waals surface area (Å²) in [7, 11) is 1.97. The number of β-amino-alcohol motifs (C(OH)–C–C–N with tert-alkyl or cyclic N) is 1. The van der Waals surface area contributed by atoms with Crippen molar-refractivity contribution in [2.24, 2.45) is 0 Å². The summed E-state index contributed by atoms with van der Waals surface area (Å²) in [6.45, 7) is 1.17. The fourth-order valence-electron chi connectivity index (χ4n) is 4.71. The summed E-state index contributed by atoms with van der Waals surface area (Å²) in [5, 5.41) is 11.0. The number of halogens is 4. The molecule has 0 aromatic heterocycles. The topological polar surface area (TPSA) is 43.8 Å². The monoisotopic (exact) mass is 544 g/mol. The van der Waals surface area contributed by atoms with Crippen molar-refractivity contribution >= 4 is 28.5 Å². The molecular weight excluding hydrogens is 520 g/mol. The number of carbonyl (C=O) groups is 1. The third-order valence-electron chi connectivity index (χ3n) is 6.42. The van der Waals surface area contributed by atoms with Gasteiger partial charge in [0.05, 0.1) is 13.1 Å². The van der Waals surface area contributed by atoms with Gasteiger partial charge in [-0.05, 0) is 78.9 Å². The molecule has 1 N–H and O–H groups in total. The molecule has 1 amide bonds. The van der Waals surface area contributed by atoms with Crippen LogP contribution in [0, 0.1) is 21.0 Å². The minimum absolute atomic E-state index is 0.00380. The molecule has 2 aliphatic rings. The van der Waals surface area contributed by atoms with Crippen LogP contribution in [-0.4, -0.2) is 59.1 Å². The number of benzene rings is 2. The molecule has 0 saturated carbocycles. The van der Waals surface area contributed by atoms with E-state index < -0.39 is 29.0 Å². The highest BCUT2D eigenvalue weighted by Gasteiger charge is 2.51. The summed E-state index contributed by atoms with van der Waals surface area (Å²) in [5.41, 5.74) is -1.000. The number of rotatable bonds is 4. The largest absolute Gasteiger partial charge is 0.385 e. The summed E-state index contributed by atoms with van der Waals surface area (Å²) in [5.74, 6) is -3.25. The lowest BCUT2D eigenvalue weighted by Crippen LogP contribution is -2.72. The first-order valence-corrected chi connectivity index (χ1v) is 11.4. The zero-order valence-electron chi connectivity index (χ0n) is 17.2. The Balaban J connectivity index is 1.57. The highest BCUT2D eigenvalue weighted by atomic mass is 127. The zero-order chi connectivity index (χ0) is 22.3. The van der Waals surface area contributed by atoms with Crippen LogP contribution in [0.15, 0.2) is 30.3 Å². The molecule has 0 aliphatic carbocycles. The van der Waals surface area contributed by atoms with Gasteiger partial charge in [-0.3, -0.25) is 4.79 Å². The first kappa shape index (κ1) is 22.5. The van der Waals surface area contributed by atoms with E-state index in [1.165, 1.54) is 23.1 Å². The van der Waals surface area contributed by atoms with E-state index >= 15 is 0 Å². The van der Waals surface area contributed by atoms with Gasteiger partial charge < -0.3 is 14.9 Å². The molecule has 2 aromatic rings. The number of piperidine rings is 1. The van der Waals surface area contributed by atoms with Gasteiger partial charge in [-0.15, -0.1) is 0 Å². The number of hydrogen-bond acceptors (Lipinski definition) is 3. The first-order chi connectivity index (χ1) is 14.7. The van der Waals surface area contributed by atoms with Crippen molar-refractivity contribution in [3.63, 3.8) is 0 Å². The molecule has 0 radical (unpaired) electrons. The Morgan fingerprint density at radius 1 is 1.16 bits per heavy atom. The minimum Gasteiger partial charge on any atom is -0.385 e. The van der Waals surface area contributed by atoms with Crippen molar-refractivity contribution in [3.8, 4) is 0 Å². The van der Waals surface area contributed by atoms with Crippen molar-refractivity contribution in [2.45, 2.75) is 37.3 Å². The van der Waals surface area contributed by atoms with Crippen LogP contribution in [0.25, 0.3) is 0 Å². The van der Waals surface area contributed by atoms with Gasteiger partial charge in [0, 0.05) is 27.2 Å². The summed E-state index contributed by atoms with van der Waals surface area (Å²) >= 11 is 1.96. The molecule has 2 saturated heterocycles. The second-order valence-electron chi connectivity index (χ2n) is 8.56. The summed E-state index contributed by atoms with van der Waals surface area (Å²) in [6.07, 6.45) is 2.73. The van der Waals surface area contributed by atoms with Gasteiger partial charge in [-0.2, -0.15) is 0 Å². The number of carbonyl (C=O) groups excluding carboxylic acids is 1. The highest BCUT2D eigenvalue weighted by Crippen LogP contribution is 2.34. The van der Waals surface area contributed by atoms with Crippen LogP contribution in [0.4, 0.5) is 13.2 Å². The second kappa shape index (κ2) is 8.71. The smallest absolute Gasteiger partial charge is 0.254 e. The van der Waals surface area contributed by atoms with Crippen LogP contribution >= 0.6 is 22.6 Å². The molecule has 1 unspecified atom stereocenters. The molecule has 2 heterocycles. The predicted molar refractivity (Wildman–Crippen MR) is 119 cm³/mol. The van der Waals surface area contributed by atoms with E-state index in [0.29, 0.717) is 3.57 Å². The fourth-order valence-corrected chi connectivity index (χ4v) is 5.17. The molecule has 2 aliphatic heterocycles. The Kier molecular flexibility index (Phi) is 6.33. The summed E-state index contributed by atoms with van der Waals surface area (Å²) < 4.78 is 43.6. The highest BCUT2D eigenvalue weighted by molar-refractivity contribution is 14.1. The Bertz CT molecular complexity index is 1010. The zero-order valence-corrected chi connectivity index (χ0v) is 19.3. The minimum atomic E-state index is -1.15. The van der Waals surface area contributed by atoms with Crippen LogP contribution in [0.3, 0.4) is 0 Å². The standard InChI is InChI=1S/C23H24F3IN2O2/c1-28-9-3-2-4-20(28)23(31)12-29(13-23)22(30)16-7-8-18(24)21(26)17(16)10-14-5-6-15(27)11-19(14)25/h5-8,11,20,31H,2-4,9-10,12-13H2,1H3.